The number of fused-ring (bicyclic) bond motifs is 4. The molecule has 13 nitrogen and oxygen atoms in total. The van der Waals surface area contributed by atoms with E-state index in [4.69, 9.17) is 18.7 Å². The van der Waals surface area contributed by atoms with Crippen LogP contribution in [0.3, 0.4) is 0 Å². The lowest BCUT2D eigenvalue weighted by Crippen LogP contribution is -2.63. The first-order chi connectivity index (χ1) is 26.1. The second kappa shape index (κ2) is 14.0. The lowest BCUT2D eigenvalue weighted by Gasteiger charge is -2.49. The second-order valence-electron chi connectivity index (χ2n) is 14.6. The number of benzene rings is 3. The van der Waals surface area contributed by atoms with Gasteiger partial charge < -0.3 is 39.6 Å². The standard InChI is InChI=1S/C41H42N4O9/c1-45(2)33-26-18-24-17-25-29(51-3)19-28(43-39(49)27-15-10-16-42-27)35(52-20-22-11-6-4-7-12-22)31(25)34(46)30(24)37(47)41(26,50)38(48)32-36(33)54-44-40(32)53-21-23-13-8-5-9-14-23/h4-9,11-14,19,24,26-27,33,42,46,50H,10,15-18,20-21H2,1-3H3,(H,43,49)/t24-,26-,27-,33-,41-/m0/s1. The number of nitrogens with zero attached hydrogens (tertiary/aromatic N) is 2. The van der Waals surface area contributed by atoms with Gasteiger partial charge in [-0.1, -0.05) is 60.7 Å². The summed E-state index contributed by atoms with van der Waals surface area (Å²) in [6, 6.07) is 19.2. The molecule has 8 rings (SSSR count). The van der Waals surface area contributed by atoms with Gasteiger partial charge in [0.2, 0.25) is 17.5 Å². The molecule has 1 amide bonds. The third-order valence-electron chi connectivity index (χ3n) is 11.1. The van der Waals surface area contributed by atoms with Crippen LogP contribution in [0.1, 0.15) is 63.7 Å². The van der Waals surface area contributed by atoms with Crippen molar-refractivity contribution in [1.82, 2.24) is 15.4 Å². The average Bonchev–Trinajstić information content (AvgIpc) is 3.87. The first-order valence-electron chi connectivity index (χ1n) is 18.1. The van der Waals surface area contributed by atoms with Crippen LogP contribution in [-0.4, -0.2) is 77.1 Å². The smallest absolute Gasteiger partial charge is 0.265 e. The number of hydrogen-bond acceptors (Lipinski definition) is 12. The van der Waals surface area contributed by atoms with Crippen molar-refractivity contribution in [3.8, 4) is 17.4 Å². The highest BCUT2D eigenvalue weighted by molar-refractivity contribution is 6.26. The molecule has 2 heterocycles. The molecule has 3 aliphatic carbocycles. The molecule has 0 radical (unpaired) electrons. The van der Waals surface area contributed by atoms with Crippen LogP contribution >= 0.6 is 0 Å². The number of ether oxygens (including phenoxy) is 3. The summed E-state index contributed by atoms with van der Waals surface area (Å²) in [5.74, 6) is -3.49. The van der Waals surface area contributed by atoms with E-state index >= 15 is 0 Å². The third kappa shape index (κ3) is 5.83. The normalized spacial score (nSPS) is 24.4. The highest BCUT2D eigenvalue weighted by atomic mass is 16.5. The monoisotopic (exact) mass is 734 g/mol. The Labute approximate surface area is 311 Å². The van der Waals surface area contributed by atoms with E-state index in [1.165, 1.54) is 7.11 Å². The van der Waals surface area contributed by atoms with Gasteiger partial charge in [-0.2, -0.15) is 0 Å². The Kier molecular flexibility index (Phi) is 9.24. The maximum Gasteiger partial charge on any atom is 0.265 e. The van der Waals surface area contributed by atoms with Crippen LogP contribution < -0.4 is 24.8 Å². The summed E-state index contributed by atoms with van der Waals surface area (Å²) in [6.45, 7) is 0.873. The Morgan fingerprint density at radius 3 is 2.33 bits per heavy atom. The zero-order chi connectivity index (χ0) is 37.7. The number of nitrogens with one attached hydrogen (secondary N) is 2. The predicted octanol–water partition coefficient (Wildman–Crippen LogP) is 4.79. The molecule has 5 atom stereocenters. The average molecular weight is 735 g/mol. The number of aliphatic hydroxyl groups excluding tert-OH is 1. The number of amides is 1. The summed E-state index contributed by atoms with van der Waals surface area (Å²) in [6.07, 6.45) is 1.88. The van der Waals surface area contributed by atoms with Crippen LogP contribution in [0.5, 0.6) is 17.4 Å². The van der Waals surface area contributed by atoms with E-state index in [2.05, 4.69) is 15.8 Å². The van der Waals surface area contributed by atoms with Crippen molar-refractivity contribution < 1.29 is 43.3 Å². The molecular weight excluding hydrogens is 692 g/mol. The SMILES string of the molecule is COc1cc(NC(=O)[C@@H]2CCCN2)c(OCc2ccccc2)c2c1C[C@H]1C[C@H]3[C@H](N(C)C)c4onc(OCc5ccccc5)c4C(=O)[C@@]3(O)C(=O)C1=C2O. The first-order valence-corrected chi connectivity index (χ1v) is 18.1. The minimum absolute atomic E-state index is 0.0730. The molecule has 4 aliphatic rings. The molecule has 2 fully saturated rings. The van der Waals surface area contributed by atoms with Crippen LogP contribution in [0.25, 0.3) is 5.76 Å². The molecule has 1 aromatic heterocycles. The van der Waals surface area contributed by atoms with Crippen molar-refractivity contribution in [3.05, 3.63) is 106 Å². The van der Waals surface area contributed by atoms with Crippen LogP contribution in [0, 0.1) is 11.8 Å². The molecule has 4 N–H and O–H groups in total. The summed E-state index contributed by atoms with van der Waals surface area (Å²) in [5.41, 5.74) is -0.139. The zero-order valence-electron chi connectivity index (χ0n) is 30.3. The number of rotatable bonds is 10. The number of methoxy groups -OCH3 is 1. The molecule has 0 unspecified atom stereocenters. The molecule has 13 heteroatoms. The molecule has 54 heavy (non-hydrogen) atoms. The molecule has 4 aromatic rings. The summed E-state index contributed by atoms with van der Waals surface area (Å²) in [5, 5.41) is 35.1. The van der Waals surface area contributed by atoms with Gasteiger partial charge in [-0.25, -0.2) is 0 Å². The van der Waals surface area contributed by atoms with E-state index in [0.717, 1.165) is 17.5 Å². The van der Waals surface area contributed by atoms with Crippen molar-refractivity contribution >= 4 is 28.9 Å². The Morgan fingerprint density at radius 1 is 1.02 bits per heavy atom. The second-order valence-corrected chi connectivity index (χ2v) is 14.6. The van der Waals surface area contributed by atoms with Crippen LogP contribution in [0.15, 0.2) is 76.8 Å². The van der Waals surface area contributed by atoms with Gasteiger partial charge in [0.1, 0.15) is 30.3 Å². The lowest BCUT2D eigenvalue weighted by molar-refractivity contribution is -0.142. The number of carbonyl (C=O) groups is 3. The van der Waals surface area contributed by atoms with Crippen LogP contribution in [0.4, 0.5) is 5.69 Å². The van der Waals surface area contributed by atoms with Gasteiger partial charge in [0.25, 0.3) is 5.88 Å². The van der Waals surface area contributed by atoms with Crippen molar-refractivity contribution in [2.75, 3.05) is 33.1 Å². The van der Waals surface area contributed by atoms with Crippen LogP contribution in [0.2, 0.25) is 0 Å². The van der Waals surface area contributed by atoms with Crippen LogP contribution in [-0.2, 0) is 29.2 Å². The highest BCUT2D eigenvalue weighted by Gasteiger charge is 2.65. The fourth-order valence-corrected chi connectivity index (χ4v) is 8.56. The molecule has 1 aliphatic heterocycles. The van der Waals surface area contributed by atoms with Crippen molar-refractivity contribution in [1.29, 1.82) is 0 Å². The number of anilines is 1. The lowest BCUT2D eigenvalue weighted by atomic mass is 9.57. The molecule has 3 aromatic carbocycles. The topological polar surface area (TPSA) is 173 Å². The summed E-state index contributed by atoms with van der Waals surface area (Å²) < 4.78 is 24.0. The fraction of sp³-hybridized carbons (Fsp3) is 0.366. The predicted molar refractivity (Wildman–Crippen MR) is 196 cm³/mol. The molecule has 1 saturated carbocycles. The van der Waals surface area contributed by atoms with Gasteiger partial charge in [-0.05, 0) is 68.5 Å². The van der Waals surface area contributed by atoms with Crippen molar-refractivity contribution in [2.24, 2.45) is 11.8 Å². The number of ketones is 2. The number of carbonyl (C=O) groups excluding carboxylic acids is 3. The van der Waals surface area contributed by atoms with E-state index in [1.54, 1.807) is 25.1 Å². The van der Waals surface area contributed by atoms with Crippen molar-refractivity contribution in [3.63, 3.8) is 0 Å². The summed E-state index contributed by atoms with van der Waals surface area (Å²) in [4.78, 5) is 44.6. The summed E-state index contributed by atoms with van der Waals surface area (Å²) in [7, 11) is 5.05. The van der Waals surface area contributed by atoms with E-state index in [0.29, 0.717) is 24.3 Å². The van der Waals surface area contributed by atoms with Gasteiger partial charge in [-0.15, -0.1) is 0 Å². The van der Waals surface area contributed by atoms with Gasteiger partial charge >= 0.3 is 0 Å². The van der Waals surface area contributed by atoms with Gasteiger partial charge in [0.05, 0.1) is 30.4 Å². The number of aromatic nitrogens is 1. The number of hydrogen-bond donors (Lipinski definition) is 4. The minimum atomic E-state index is -2.58. The summed E-state index contributed by atoms with van der Waals surface area (Å²) >= 11 is 0. The quantitative estimate of drug-likeness (QED) is 0.164. The third-order valence-corrected chi connectivity index (χ3v) is 11.1. The maximum atomic E-state index is 14.9. The van der Waals surface area contributed by atoms with Gasteiger partial charge in [0, 0.05) is 23.1 Å². The molecule has 280 valence electrons. The molecular formula is C41H42N4O9. The van der Waals surface area contributed by atoms with Crippen molar-refractivity contribution in [2.45, 2.75) is 56.6 Å². The largest absolute Gasteiger partial charge is 0.507 e. The number of aliphatic hydroxyl groups is 2. The first kappa shape index (κ1) is 35.5. The number of Topliss-reactive ketones (excluding diaryl/α,β-unsaturated/α-hetero) is 2. The molecule has 1 saturated heterocycles. The van der Waals surface area contributed by atoms with Gasteiger partial charge in [-0.3, -0.25) is 19.3 Å². The fourth-order valence-electron chi connectivity index (χ4n) is 8.56. The van der Waals surface area contributed by atoms with E-state index < -0.39 is 46.8 Å². The molecule has 0 spiro atoms. The van der Waals surface area contributed by atoms with Gasteiger partial charge in [0.15, 0.2) is 17.1 Å². The van der Waals surface area contributed by atoms with E-state index in [-0.39, 0.29) is 71.7 Å². The zero-order valence-corrected chi connectivity index (χ0v) is 30.3. The van der Waals surface area contributed by atoms with E-state index in [9.17, 15) is 24.6 Å². The Hall–Kier alpha value is -5.50. The Bertz CT molecular complexity index is 2140. The van der Waals surface area contributed by atoms with E-state index in [1.807, 2.05) is 60.7 Å². The maximum absolute atomic E-state index is 14.9. The Balaban J connectivity index is 1.23. The minimum Gasteiger partial charge on any atom is -0.507 e. The Morgan fingerprint density at radius 2 is 1.70 bits per heavy atom. The molecule has 0 bridgehead atoms. The highest BCUT2D eigenvalue weighted by Crippen LogP contribution is 2.57.